The highest BCUT2D eigenvalue weighted by molar-refractivity contribution is 7.99. The van der Waals surface area contributed by atoms with Crippen LogP contribution in [0.4, 0.5) is 0 Å². The molecule has 35 nitrogen and oxygen atoms in total. The minimum Gasteiger partial charge on any atom is -0.465 e. The van der Waals surface area contributed by atoms with Gasteiger partial charge in [0.2, 0.25) is 6.29 Å². The Morgan fingerprint density at radius 2 is 0.942 bits per heavy atom. The molecule has 16 aliphatic rings. The van der Waals surface area contributed by atoms with E-state index in [1.807, 2.05) is 34.6 Å². The third kappa shape index (κ3) is 34.3. The number of cyclic esters (lactones) is 2. The summed E-state index contributed by atoms with van der Waals surface area (Å²) < 4.78 is 148. The van der Waals surface area contributed by atoms with Crippen molar-refractivity contribution in [1.82, 2.24) is 0 Å². The first kappa shape index (κ1) is 120. The molecule has 26 unspecified atom stereocenters. The maximum Gasteiger partial charge on any atom is 0.311 e. The molecule has 0 amide bonds. The van der Waals surface area contributed by atoms with Gasteiger partial charge in [0.25, 0.3) is 20.2 Å². The van der Waals surface area contributed by atoms with E-state index >= 15 is 0 Å². The number of ketones is 1. The maximum absolute atomic E-state index is 12.1. The van der Waals surface area contributed by atoms with Gasteiger partial charge in [-0.25, -0.2) is 0 Å². The standard InChI is InChI=1S/C15H22O5S.C14H22O4S.C12H18O6S2.C12H20O3S.C11H16O7S2.C10H16O4S.C10H18O3S.C8H14O3S2/c1-8(6-21)14(16)19-7-18-13-10-2-9-3-11(5-10)15(17)20-12(13)4-9;1-10(9-19)13(16)18-14(7-3-2-4-8-14)11-5-6-12(15)17-11;1-6(4-19)12(13)17-5-16-10-7-2-8-9(3-7)20(14,15)18-11(8)10;1-3-12(6-4-10(13)5-7-12)15-11(14)9(2)8-16;1-5(3-19)11(12)16-4-15-8-6-2-7-9(17-6)10(8)18-20(7,13)14;1-7(6-15)9(12)14-10(2)3-4-13-8(11)5-10;1-8(7-14)9(11)13-10(2)3-5-12-6-4-10;1-6(4-12)8(9)11-7-2-3-13-5-10-7/h8-13,21H,2-7H2,1H3;10-11,19H,2-9H2,1H3;6-11,19H,2-5H2,1H3;9,16H,3-8H2,1-2H3;5-10,19H,2-4H2,1H3;7,15H,3-6H2,1-2H3;8,14H,3-7H2,1-2H3;6-7,12H,2-5H2,1H3. The third-order valence-corrected chi connectivity index (χ3v) is 36.4. The summed E-state index contributed by atoms with van der Waals surface area (Å²) in [6.07, 6.45) is 14.3. The van der Waals surface area contributed by atoms with Crippen LogP contribution in [-0.2, 0) is 167 Å². The molecule has 0 spiro atoms. The number of Topliss-reactive ketones (excluding diaryl/α,β-unsaturated/α-hetero) is 1. The Morgan fingerprint density at radius 1 is 0.457 bits per heavy atom. The second-order valence-corrected chi connectivity index (χ2v) is 46.5. The Morgan fingerprint density at radius 3 is 1.46 bits per heavy atom. The fraction of sp³-hybridized carbons (Fsp3) is 0.870. The van der Waals surface area contributed by atoms with Gasteiger partial charge in [-0.2, -0.15) is 118 Å². The quantitative estimate of drug-likeness (QED) is 0.0102. The van der Waals surface area contributed by atoms with Gasteiger partial charge in [0.05, 0.1) is 103 Å². The largest absolute Gasteiger partial charge is 0.465 e. The lowest BCUT2D eigenvalue weighted by atomic mass is 9.67. The van der Waals surface area contributed by atoms with Crippen LogP contribution in [0.1, 0.15) is 230 Å². The fourth-order valence-corrected chi connectivity index (χ4v) is 24.0. The molecule has 10 saturated heterocycles. The number of hydrogen-bond acceptors (Lipinski definition) is 44. The molecule has 6 saturated carbocycles. The Bertz CT molecular complexity index is 4130. The van der Waals surface area contributed by atoms with Crippen molar-refractivity contribution >= 4 is 204 Å². The summed E-state index contributed by atoms with van der Waals surface area (Å²) in [4.78, 5) is 138. The molecule has 6 aliphatic carbocycles. The van der Waals surface area contributed by atoms with Crippen molar-refractivity contribution in [3.8, 4) is 0 Å². The van der Waals surface area contributed by atoms with E-state index in [1.165, 1.54) is 0 Å². The second-order valence-electron chi connectivity index (χ2n) is 38.9. The molecule has 10 heterocycles. The van der Waals surface area contributed by atoms with Crippen LogP contribution in [0.15, 0.2) is 0 Å². The van der Waals surface area contributed by atoms with Gasteiger partial charge in [0, 0.05) is 103 Å². The van der Waals surface area contributed by atoms with E-state index in [9.17, 15) is 74.4 Å². The van der Waals surface area contributed by atoms with Crippen LogP contribution < -0.4 is 0 Å². The summed E-state index contributed by atoms with van der Waals surface area (Å²) in [6, 6.07) is 0. The zero-order valence-electron chi connectivity index (χ0n) is 80.8. The Balaban J connectivity index is 0.000000195. The third-order valence-electron chi connectivity index (χ3n) is 27.7. The topological polar surface area (TPSA) is 448 Å². The molecule has 138 heavy (non-hydrogen) atoms. The van der Waals surface area contributed by atoms with Gasteiger partial charge >= 0.3 is 65.7 Å². The molecule has 16 rings (SSSR count). The summed E-state index contributed by atoms with van der Waals surface area (Å²) in [5.74, 6) is 2.35. The van der Waals surface area contributed by atoms with Crippen LogP contribution in [0, 0.1) is 76.9 Å². The van der Waals surface area contributed by atoms with E-state index in [0.29, 0.717) is 141 Å². The fourth-order valence-electron chi connectivity index (χ4n) is 18.5. The first-order valence-corrected chi connectivity index (χ1v) is 57.2. The van der Waals surface area contributed by atoms with Crippen molar-refractivity contribution in [1.29, 1.82) is 0 Å². The molecule has 26 atom stereocenters. The van der Waals surface area contributed by atoms with Crippen LogP contribution in [0.2, 0.25) is 0 Å². The van der Waals surface area contributed by atoms with Crippen molar-refractivity contribution in [2.75, 3.05) is 97.9 Å². The summed E-state index contributed by atoms with van der Waals surface area (Å²) in [5, 5.41) is -0.937. The van der Waals surface area contributed by atoms with E-state index < -0.39 is 72.7 Å². The first-order valence-electron chi connectivity index (χ1n) is 48.0. The molecule has 0 aromatic heterocycles. The molecular weight excluding hydrogens is 2020 g/mol. The van der Waals surface area contributed by atoms with Crippen molar-refractivity contribution in [2.24, 2.45) is 76.9 Å². The number of carbonyl (C=O) groups is 12. The predicted octanol–water partition coefficient (Wildman–Crippen LogP) is 11.4. The Kier molecular flexibility index (Phi) is 49.2. The summed E-state index contributed by atoms with van der Waals surface area (Å²) in [5.41, 5.74) is -2.02. The van der Waals surface area contributed by atoms with Gasteiger partial charge in [0.15, 0.2) is 20.4 Å². The number of rotatable bonds is 32. The van der Waals surface area contributed by atoms with E-state index in [2.05, 4.69) is 101 Å². The molecular formula is C92H146O35S11. The number of thiol groups is 8. The summed E-state index contributed by atoms with van der Waals surface area (Å²) >= 11 is 34.2. The number of carbonyl (C=O) groups excluding carboxylic acids is 12. The summed E-state index contributed by atoms with van der Waals surface area (Å²) in [6.45, 7) is 21.2. The van der Waals surface area contributed by atoms with Crippen molar-refractivity contribution in [3.05, 3.63) is 0 Å². The normalized spacial score (nSPS) is 32.1. The molecule has 46 heteroatoms. The van der Waals surface area contributed by atoms with E-state index in [-0.39, 0.29) is 205 Å². The van der Waals surface area contributed by atoms with Gasteiger partial charge in [-0.15, -0.1) is 11.8 Å². The first-order chi connectivity index (χ1) is 65.3. The highest BCUT2D eigenvalue weighted by Gasteiger charge is 2.67. The molecule has 16 fully saturated rings. The van der Waals surface area contributed by atoms with Gasteiger partial charge in [-0.05, 0) is 128 Å². The molecule has 0 N–H and O–H groups in total. The number of esters is 11. The zero-order chi connectivity index (χ0) is 102. The van der Waals surface area contributed by atoms with E-state index in [4.69, 9.17) is 88.9 Å². The minimum absolute atomic E-state index is 0.0408. The highest BCUT2D eigenvalue weighted by atomic mass is 32.2. The number of hydrogen-bond donors (Lipinski definition) is 8. The van der Waals surface area contributed by atoms with E-state index in [1.54, 1.807) is 53.3 Å². The smallest absolute Gasteiger partial charge is 0.311 e. The van der Waals surface area contributed by atoms with Gasteiger partial charge in [-0.1, -0.05) is 68.7 Å². The predicted molar refractivity (Wildman–Crippen MR) is 531 cm³/mol. The SMILES string of the molecule is CC(CS)C(=O)OC1(C)CCOC(=O)C1.CC(CS)C(=O)OC1(C)CCOCC1.CC(CS)C(=O)OC1(C2CCC(=O)O2)CCCCC1.CC(CS)C(=O)OC1CCSCO1.CC(CS)C(=O)OCOC1C2CC3C(O2)C1OS3(=O)=O.CC(CS)C(=O)OCOC1C2CC3C1OS(=O)(=O)C3C2.CC(CS)C(=O)OCOC1C2CC3CC(C2)C(=O)OC1C3.CCC1(OC(=O)C(C)CS)CCC(=O)CC1. The molecule has 0 aromatic carbocycles. The number of ether oxygens (including phenoxy) is 17. The van der Waals surface area contributed by atoms with Crippen LogP contribution in [0.3, 0.4) is 0 Å². The molecule has 8 bridgehead atoms. The molecule has 0 aromatic rings. The molecule has 790 valence electrons. The van der Waals surface area contributed by atoms with Crippen molar-refractivity contribution in [2.45, 2.75) is 324 Å². The summed E-state index contributed by atoms with van der Waals surface area (Å²) in [7, 11) is -6.97. The minimum atomic E-state index is -3.55. The Labute approximate surface area is 860 Å². The van der Waals surface area contributed by atoms with Gasteiger partial charge < -0.3 is 80.5 Å². The lowest BCUT2D eigenvalue weighted by Crippen LogP contribution is -2.48. The Hall–Kier alpha value is -3.43. The maximum atomic E-state index is 12.1. The molecule has 10 aliphatic heterocycles. The molecule has 0 radical (unpaired) electrons. The van der Waals surface area contributed by atoms with E-state index in [0.717, 1.165) is 95.6 Å². The van der Waals surface area contributed by atoms with Crippen LogP contribution in [0.5, 0.6) is 0 Å². The van der Waals surface area contributed by atoms with Crippen LogP contribution >= 0.6 is 113 Å². The monoisotopic (exact) mass is 2160 g/mol. The average molecular weight is 2160 g/mol. The van der Waals surface area contributed by atoms with Crippen molar-refractivity contribution < 1.29 is 163 Å². The average Bonchev–Trinajstić information content (AvgIpc) is 1.56. The highest BCUT2D eigenvalue weighted by Crippen LogP contribution is 2.56. The second kappa shape index (κ2) is 56.6. The lowest BCUT2D eigenvalue weighted by Gasteiger charge is -2.41. The zero-order valence-corrected chi connectivity index (χ0v) is 90.4. The van der Waals surface area contributed by atoms with Crippen LogP contribution in [0.25, 0.3) is 0 Å². The number of thioether (sulfide) groups is 1. The van der Waals surface area contributed by atoms with Gasteiger partial charge in [-0.3, -0.25) is 65.9 Å². The van der Waals surface area contributed by atoms with Crippen LogP contribution in [-0.4, -0.2) is 280 Å². The van der Waals surface area contributed by atoms with Gasteiger partial charge in [0.1, 0.15) is 76.2 Å². The number of fused-ring (bicyclic) bond motifs is 3. The lowest BCUT2D eigenvalue weighted by molar-refractivity contribution is -0.188. The van der Waals surface area contributed by atoms with Crippen molar-refractivity contribution in [3.63, 3.8) is 0 Å².